The Kier molecular flexibility index (Phi) is 4.17. The molecule has 6 nitrogen and oxygen atoms in total. The van der Waals surface area contributed by atoms with Crippen LogP contribution in [-0.2, 0) is 11.3 Å². The van der Waals surface area contributed by atoms with E-state index in [-0.39, 0.29) is 5.69 Å². The fourth-order valence-electron chi connectivity index (χ4n) is 2.04. The largest absolute Gasteiger partial charge is 0.383 e. The molecule has 3 rings (SSSR count). The summed E-state index contributed by atoms with van der Waals surface area (Å²) in [6.45, 7) is 1.17. The van der Waals surface area contributed by atoms with Gasteiger partial charge in [0.05, 0.1) is 18.6 Å². The minimum absolute atomic E-state index is 0.274. The molecule has 0 spiro atoms. The number of anilines is 2. The zero-order chi connectivity index (χ0) is 15.5. The number of fused-ring (bicyclic) bond motifs is 1. The molecular formula is C14H13ClFN5O. The molecule has 0 aliphatic rings. The van der Waals surface area contributed by atoms with Crippen molar-refractivity contribution in [2.75, 3.05) is 19.0 Å². The van der Waals surface area contributed by atoms with Crippen molar-refractivity contribution in [2.45, 2.75) is 6.54 Å². The molecule has 0 saturated carbocycles. The predicted molar refractivity (Wildman–Crippen MR) is 81.9 cm³/mol. The molecule has 0 atom stereocenters. The highest BCUT2D eigenvalue weighted by Gasteiger charge is 2.12. The van der Waals surface area contributed by atoms with Crippen LogP contribution < -0.4 is 5.32 Å². The molecule has 0 aliphatic carbocycles. The van der Waals surface area contributed by atoms with Crippen molar-refractivity contribution < 1.29 is 9.13 Å². The van der Waals surface area contributed by atoms with Crippen LogP contribution in [0.2, 0.25) is 5.02 Å². The second-order valence-corrected chi connectivity index (χ2v) is 5.01. The number of nitrogens with zero attached hydrogens (tertiary/aromatic N) is 4. The number of benzene rings is 1. The second kappa shape index (κ2) is 6.25. The van der Waals surface area contributed by atoms with Crippen LogP contribution in [0.15, 0.2) is 30.9 Å². The minimum atomic E-state index is -0.460. The summed E-state index contributed by atoms with van der Waals surface area (Å²) in [5.41, 5.74) is 1.49. The van der Waals surface area contributed by atoms with Crippen LogP contribution in [0.3, 0.4) is 0 Å². The highest BCUT2D eigenvalue weighted by Crippen LogP contribution is 2.25. The fourth-order valence-corrected chi connectivity index (χ4v) is 2.20. The molecule has 3 aromatic rings. The number of hydrogen-bond acceptors (Lipinski definition) is 5. The highest BCUT2D eigenvalue weighted by atomic mass is 35.5. The SMILES string of the molecule is COCCn1cnc2c(Nc3ccc(Cl)cc3F)ncnc21. The summed E-state index contributed by atoms with van der Waals surface area (Å²) < 4.78 is 20.8. The van der Waals surface area contributed by atoms with Gasteiger partial charge >= 0.3 is 0 Å². The highest BCUT2D eigenvalue weighted by molar-refractivity contribution is 6.30. The van der Waals surface area contributed by atoms with Gasteiger partial charge in [-0.2, -0.15) is 0 Å². The number of methoxy groups -OCH3 is 1. The van der Waals surface area contributed by atoms with Gasteiger partial charge in [-0.25, -0.2) is 19.3 Å². The van der Waals surface area contributed by atoms with Crippen molar-refractivity contribution in [1.82, 2.24) is 19.5 Å². The monoisotopic (exact) mass is 321 g/mol. The van der Waals surface area contributed by atoms with Crippen LogP contribution in [0.4, 0.5) is 15.9 Å². The number of aromatic nitrogens is 4. The summed E-state index contributed by atoms with van der Waals surface area (Å²) in [6, 6.07) is 4.38. The third-order valence-electron chi connectivity index (χ3n) is 3.12. The van der Waals surface area contributed by atoms with Gasteiger partial charge in [0.25, 0.3) is 0 Å². The average molecular weight is 322 g/mol. The molecular weight excluding hydrogens is 309 g/mol. The third-order valence-corrected chi connectivity index (χ3v) is 3.36. The van der Waals surface area contributed by atoms with E-state index >= 15 is 0 Å². The lowest BCUT2D eigenvalue weighted by Gasteiger charge is -2.07. The van der Waals surface area contributed by atoms with Crippen LogP contribution in [0.5, 0.6) is 0 Å². The van der Waals surface area contributed by atoms with Crippen LogP contribution in [0.1, 0.15) is 0 Å². The molecule has 0 amide bonds. The van der Waals surface area contributed by atoms with Gasteiger partial charge < -0.3 is 14.6 Å². The first-order chi connectivity index (χ1) is 10.7. The van der Waals surface area contributed by atoms with Gasteiger partial charge in [0.2, 0.25) is 0 Å². The fraction of sp³-hybridized carbons (Fsp3) is 0.214. The first-order valence-electron chi connectivity index (χ1n) is 6.56. The summed E-state index contributed by atoms with van der Waals surface area (Å²) in [4.78, 5) is 12.6. The molecule has 114 valence electrons. The summed E-state index contributed by atoms with van der Waals surface area (Å²) >= 11 is 5.75. The van der Waals surface area contributed by atoms with Crippen molar-refractivity contribution in [3.8, 4) is 0 Å². The number of halogens is 2. The minimum Gasteiger partial charge on any atom is -0.383 e. The Bertz CT molecular complexity index is 807. The lowest BCUT2D eigenvalue weighted by molar-refractivity contribution is 0.188. The molecule has 1 aromatic carbocycles. The van der Waals surface area contributed by atoms with Gasteiger partial charge in [-0.3, -0.25) is 0 Å². The first-order valence-corrected chi connectivity index (χ1v) is 6.93. The van der Waals surface area contributed by atoms with Crippen molar-refractivity contribution in [1.29, 1.82) is 0 Å². The molecule has 0 radical (unpaired) electrons. The number of hydrogen-bond donors (Lipinski definition) is 1. The zero-order valence-corrected chi connectivity index (χ0v) is 12.5. The standard InChI is InChI=1S/C14H13ClFN5O/c1-22-5-4-21-8-19-12-13(17-7-18-14(12)21)20-11-3-2-9(15)6-10(11)16/h2-3,6-8H,4-5H2,1H3,(H,17,18,20). The summed E-state index contributed by atoms with van der Waals surface area (Å²) in [7, 11) is 1.63. The van der Waals surface area contributed by atoms with Gasteiger partial charge in [-0.05, 0) is 18.2 Å². The molecule has 1 N–H and O–H groups in total. The first kappa shape index (κ1) is 14.7. The summed E-state index contributed by atoms with van der Waals surface area (Å²) in [5, 5.41) is 3.25. The molecule has 22 heavy (non-hydrogen) atoms. The maximum absolute atomic E-state index is 13.9. The Morgan fingerprint density at radius 2 is 2.18 bits per heavy atom. The van der Waals surface area contributed by atoms with Crippen molar-refractivity contribution in [2.24, 2.45) is 0 Å². The maximum Gasteiger partial charge on any atom is 0.165 e. The van der Waals surface area contributed by atoms with Gasteiger partial charge in [0.15, 0.2) is 17.0 Å². The molecule has 0 unspecified atom stereocenters. The van der Waals surface area contributed by atoms with E-state index in [1.54, 1.807) is 25.6 Å². The molecule has 2 heterocycles. The normalized spacial score (nSPS) is 11.0. The van der Waals surface area contributed by atoms with E-state index in [0.717, 1.165) is 0 Å². The van der Waals surface area contributed by atoms with Crippen molar-refractivity contribution in [3.05, 3.63) is 41.7 Å². The van der Waals surface area contributed by atoms with Gasteiger partial charge in [0, 0.05) is 18.7 Å². The van der Waals surface area contributed by atoms with E-state index in [4.69, 9.17) is 16.3 Å². The molecule has 8 heteroatoms. The summed E-state index contributed by atoms with van der Waals surface area (Å²) in [5.74, 6) is -0.0273. The van der Waals surface area contributed by atoms with Crippen molar-refractivity contribution in [3.63, 3.8) is 0 Å². The van der Waals surface area contributed by atoms with E-state index in [1.165, 1.54) is 12.4 Å². The number of ether oxygens (including phenoxy) is 1. The van der Waals surface area contributed by atoms with E-state index < -0.39 is 5.82 Å². The predicted octanol–water partition coefficient (Wildman–Crippen LogP) is 3.01. The average Bonchev–Trinajstić information content (AvgIpc) is 2.92. The van der Waals surface area contributed by atoms with E-state index in [1.807, 2.05) is 4.57 Å². The van der Waals surface area contributed by atoms with Gasteiger partial charge in [-0.1, -0.05) is 11.6 Å². The smallest absolute Gasteiger partial charge is 0.165 e. The maximum atomic E-state index is 13.9. The quantitative estimate of drug-likeness (QED) is 0.782. The number of rotatable bonds is 5. The van der Waals surface area contributed by atoms with Gasteiger partial charge in [-0.15, -0.1) is 0 Å². The number of imidazole rings is 1. The van der Waals surface area contributed by atoms with Crippen LogP contribution in [-0.4, -0.2) is 33.2 Å². The lowest BCUT2D eigenvalue weighted by Crippen LogP contribution is -2.04. The lowest BCUT2D eigenvalue weighted by atomic mass is 10.3. The van der Waals surface area contributed by atoms with E-state index in [9.17, 15) is 4.39 Å². The van der Waals surface area contributed by atoms with E-state index in [0.29, 0.717) is 35.2 Å². The van der Waals surface area contributed by atoms with Gasteiger partial charge in [0.1, 0.15) is 12.1 Å². The van der Waals surface area contributed by atoms with Crippen molar-refractivity contribution >= 4 is 34.3 Å². The Morgan fingerprint density at radius 1 is 1.32 bits per heavy atom. The molecule has 2 aromatic heterocycles. The third kappa shape index (κ3) is 2.86. The topological polar surface area (TPSA) is 64.9 Å². The van der Waals surface area contributed by atoms with Crippen LogP contribution in [0.25, 0.3) is 11.2 Å². The Balaban J connectivity index is 1.95. The van der Waals surface area contributed by atoms with Crippen LogP contribution in [0, 0.1) is 5.82 Å². The Labute approximate surface area is 130 Å². The summed E-state index contributed by atoms with van der Waals surface area (Å²) in [6.07, 6.45) is 3.06. The Morgan fingerprint density at radius 3 is 2.95 bits per heavy atom. The molecule has 0 saturated heterocycles. The van der Waals surface area contributed by atoms with E-state index in [2.05, 4.69) is 20.3 Å². The molecule has 0 aliphatic heterocycles. The Hall–Kier alpha value is -2.25. The second-order valence-electron chi connectivity index (χ2n) is 4.57. The molecule has 0 bridgehead atoms. The molecule has 0 fully saturated rings. The number of nitrogens with one attached hydrogen (secondary N) is 1. The zero-order valence-electron chi connectivity index (χ0n) is 11.8. The van der Waals surface area contributed by atoms with Crippen LogP contribution >= 0.6 is 11.6 Å².